The highest BCUT2D eigenvalue weighted by atomic mass is 16.5. The van der Waals surface area contributed by atoms with Gasteiger partial charge in [-0.2, -0.15) is 0 Å². The fourth-order valence-corrected chi connectivity index (χ4v) is 3.65. The Balaban J connectivity index is 1.49. The number of benzene rings is 2. The molecule has 174 valence electrons. The maximum Gasteiger partial charge on any atom is 0.265 e. The average Bonchev–Trinajstić information content (AvgIpc) is 2.85. The summed E-state index contributed by atoms with van der Waals surface area (Å²) in [5.74, 6) is 0.0688. The molecule has 8 nitrogen and oxygen atoms in total. The van der Waals surface area contributed by atoms with Crippen LogP contribution in [0.3, 0.4) is 0 Å². The number of carbonyl (C=O) groups excluding carboxylic acids is 3. The van der Waals surface area contributed by atoms with Crippen LogP contribution >= 0.6 is 0 Å². The van der Waals surface area contributed by atoms with E-state index in [2.05, 4.69) is 10.3 Å². The summed E-state index contributed by atoms with van der Waals surface area (Å²) in [6.45, 7) is 3.48. The number of nitrogens with one attached hydrogen (secondary N) is 1. The molecule has 2 aromatic carbocycles. The monoisotopic (exact) mass is 459 g/mol. The molecule has 1 aliphatic rings. The van der Waals surface area contributed by atoms with E-state index in [1.165, 1.54) is 4.90 Å². The second kappa shape index (κ2) is 10.2. The molecule has 0 bridgehead atoms. The van der Waals surface area contributed by atoms with E-state index in [-0.39, 0.29) is 37.4 Å². The molecule has 2 amide bonds. The number of ether oxygens (including phenoxy) is 2. The first-order chi connectivity index (χ1) is 16.4. The van der Waals surface area contributed by atoms with Crippen LogP contribution in [-0.4, -0.2) is 41.8 Å². The Morgan fingerprint density at radius 2 is 2.00 bits per heavy atom. The molecule has 1 N–H and O–H groups in total. The fraction of sp³-hybridized carbons (Fsp3) is 0.231. The summed E-state index contributed by atoms with van der Waals surface area (Å²) >= 11 is 0. The molecule has 0 fully saturated rings. The third-order valence-electron chi connectivity index (χ3n) is 5.46. The van der Waals surface area contributed by atoms with Crippen molar-refractivity contribution in [2.45, 2.75) is 26.4 Å². The predicted molar refractivity (Wildman–Crippen MR) is 126 cm³/mol. The van der Waals surface area contributed by atoms with Crippen molar-refractivity contribution in [1.29, 1.82) is 0 Å². The van der Waals surface area contributed by atoms with Gasteiger partial charge in [0.05, 0.1) is 17.9 Å². The summed E-state index contributed by atoms with van der Waals surface area (Å²) in [5, 5.41) is 2.80. The number of Topliss-reactive ketones (excluding diaryl/α,β-unsaturated/α-hetero) is 1. The Hall–Kier alpha value is -4.20. The SMILES string of the molecule is Cc1cccc(OCC(=O)c2ccc3c(c2)N(C(C)C(=O)NCc2ccccn2)C(=O)CO3)c1. The van der Waals surface area contributed by atoms with E-state index in [4.69, 9.17) is 9.47 Å². The van der Waals surface area contributed by atoms with Crippen molar-refractivity contribution < 1.29 is 23.9 Å². The van der Waals surface area contributed by atoms with Gasteiger partial charge in [-0.05, 0) is 61.9 Å². The predicted octanol–water partition coefficient (Wildman–Crippen LogP) is 3.08. The maximum atomic E-state index is 12.8. The highest BCUT2D eigenvalue weighted by molar-refractivity contribution is 6.05. The van der Waals surface area contributed by atoms with Crippen LogP contribution < -0.4 is 19.7 Å². The van der Waals surface area contributed by atoms with Gasteiger partial charge in [0.1, 0.15) is 17.5 Å². The molecule has 0 aliphatic carbocycles. The highest BCUT2D eigenvalue weighted by Gasteiger charge is 2.33. The van der Waals surface area contributed by atoms with Gasteiger partial charge in [-0.15, -0.1) is 0 Å². The quantitative estimate of drug-likeness (QED) is 0.520. The normalized spacial score (nSPS) is 13.5. The second-order valence-electron chi connectivity index (χ2n) is 7.98. The van der Waals surface area contributed by atoms with Crippen molar-refractivity contribution >= 4 is 23.3 Å². The summed E-state index contributed by atoms with van der Waals surface area (Å²) in [4.78, 5) is 43.9. The molecule has 1 aromatic heterocycles. The van der Waals surface area contributed by atoms with Gasteiger partial charge in [-0.3, -0.25) is 24.3 Å². The lowest BCUT2D eigenvalue weighted by Gasteiger charge is -2.33. The molecule has 3 aromatic rings. The summed E-state index contributed by atoms with van der Waals surface area (Å²) in [7, 11) is 0. The van der Waals surface area contributed by atoms with E-state index in [9.17, 15) is 14.4 Å². The van der Waals surface area contributed by atoms with Crippen LogP contribution in [0.1, 0.15) is 28.5 Å². The molecule has 2 heterocycles. The molecule has 0 saturated carbocycles. The first kappa shape index (κ1) is 23.0. The smallest absolute Gasteiger partial charge is 0.265 e. The summed E-state index contributed by atoms with van der Waals surface area (Å²) in [6, 6.07) is 16.9. The van der Waals surface area contributed by atoms with E-state index in [1.807, 2.05) is 31.2 Å². The second-order valence-corrected chi connectivity index (χ2v) is 7.98. The van der Waals surface area contributed by atoms with E-state index in [1.54, 1.807) is 49.5 Å². The number of fused-ring (bicyclic) bond motifs is 1. The molecule has 1 atom stereocenters. The minimum Gasteiger partial charge on any atom is -0.485 e. The number of aryl methyl sites for hydroxylation is 1. The van der Waals surface area contributed by atoms with Gasteiger partial charge >= 0.3 is 0 Å². The zero-order chi connectivity index (χ0) is 24.1. The van der Waals surface area contributed by atoms with Gasteiger partial charge in [-0.25, -0.2) is 0 Å². The molecular weight excluding hydrogens is 434 g/mol. The Kier molecular flexibility index (Phi) is 6.87. The Morgan fingerprint density at radius 3 is 2.76 bits per heavy atom. The van der Waals surface area contributed by atoms with Gasteiger partial charge in [-0.1, -0.05) is 18.2 Å². The van der Waals surface area contributed by atoms with E-state index in [0.29, 0.717) is 28.4 Å². The van der Waals surface area contributed by atoms with Crippen molar-refractivity contribution in [2.24, 2.45) is 0 Å². The average molecular weight is 460 g/mol. The number of aromatic nitrogens is 1. The molecule has 1 unspecified atom stereocenters. The van der Waals surface area contributed by atoms with Crippen LogP contribution in [0.15, 0.2) is 66.9 Å². The molecule has 4 rings (SSSR count). The first-order valence-electron chi connectivity index (χ1n) is 10.9. The lowest BCUT2D eigenvalue weighted by atomic mass is 10.1. The van der Waals surface area contributed by atoms with Gasteiger partial charge in [0.2, 0.25) is 5.91 Å². The number of anilines is 1. The highest BCUT2D eigenvalue weighted by Crippen LogP contribution is 2.34. The lowest BCUT2D eigenvalue weighted by molar-refractivity contribution is -0.127. The van der Waals surface area contributed by atoms with Crippen molar-refractivity contribution in [3.05, 3.63) is 83.7 Å². The van der Waals surface area contributed by atoms with E-state index in [0.717, 1.165) is 5.56 Å². The fourth-order valence-electron chi connectivity index (χ4n) is 3.65. The minimum atomic E-state index is -0.812. The summed E-state index contributed by atoms with van der Waals surface area (Å²) in [6.07, 6.45) is 1.65. The van der Waals surface area contributed by atoms with Crippen molar-refractivity contribution in [3.8, 4) is 11.5 Å². The Bertz CT molecular complexity index is 1210. The van der Waals surface area contributed by atoms with Crippen LogP contribution in [0.25, 0.3) is 0 Å². The van der Waals surface area contributed by atoms with E-state index >= 15 is 0 Å². The zero-order valence-electron chi connectivity index (χ0n) is 19.0. The zero-order valence-corrected chi connectivity index (χ0v) is 19.0. The topological polar surface area (TPSA) is 97.8 Å². The van der Waals surface area contributed by atoms with Crippen molar-refractivity contribution in [2.75, 3.05) is 18.1 Å². The number of amides is 2. The third-order valence-corrected chi connectivity index (χ3v) is 5.46. The number of hydrogen-bond acceptors (Lipinski definition) is 6. The molecule has 0 radical (unpaired) electrons. The largest absolute Gasteiger partial charge is 0.485 e. The number of hydrogen-bond donors (Lipinski definition) is 1. The van der Waals surface area contributed by atoms with Gasteiger partial charge in [0.25, 0.3) is 5.91 Å². The van der Waals surface area contributed by atoms with Gasteiger partial charge < -0.3 is 14.8 Å². The molecule has 1 aliphatic heterocycles. The van der Waals surface area contributed by atoms with Crippen LogP contribution in [-0.2, 0) is 16.1 Å². The molecule has 0 spiro atoms. The number of carbonyl (C=O) groups is 3. The maximum absolute atomic E-state index is 12.8. The summed E-state index contributed by atoms with van der Waals surface area (Å²) < 4.78 is 11.2. The number of rotatable bonds is 8. The van der Waals surface area contributed by atoms with Gasteiger partial charge in [0.15, 0.2) is 19.0 Å². The van der Waals surface area contributed by atoms with Crippen LogP contribution in [0.4, 0.5) is 5.69 Å². The Labute approximate surface area is 197 Å². The van der Waals surface area contributed by atoms with Crippen molar-refractivity contribution in [1.82, 2.24) is 10.3 Å². The summed E-state index contributed by atoms with van der Waals surface area (Å²) in [5.41, 5.74) is 2.47. The molecule has 8 heteroatoms. The third kappa shape index (κ3) is 5.23. The number of nitrogens with zero attached hydrogens (tertiary/aromatic N) is 2. The molecule has 0 saturated heterocycles. The van der Waals surface area contributed by atoms with Crippen LogP contribution in [0.5, 0.6) is 11.5 Å². The van der Waals surface area contributed by atoms with Crippen LogP contribution in [0.2, 0.25) is 0 Å². The molecule has 34 heavy (non-hydrogen) atoms. The standard InChI is InChI=1S/C26H25N3O5/c1-17-6-5-8-21(12-17)33-15-23(30)19-9-10-24-22(13-19)29(25(31)16-34-24)18(2)26(32)28-14-20-7-3-4-11-27-20/h3-13,18H,14-16H2,1-2H3,(H,28,32). The lowest BCUT2D eigenvalue weighted by Crippen LogP contribution is -2.51. The first-order valence-corrected chi connectivity index (χ1v) is 10.9. The number of ketones is 1. The molecular formula is C26H25N3O5. The van der Waals surface area contributed by atoms with Crippen LogP contribution in [0, 0.1) is 6.92 Å². The van der Waals surface area contributed by atoms with E-state index < -0.39 is 6.04 Å². The Morgan fingerprint density at radius 1 is 1.15 bits per heavy atom. The number of pyridine rings is 1. The van der Waals surface area contributed by atoms with Gasteiger partial charge in [0, 0.05) is 11.8 Å². The van der Waals surface area contributed by atoms with Crippen molar-refractivity contribution in [3.63, 3.8) is 0 Å². The minimum absolute atomic E-state index is 0.156.